The second kappa shape index (κ2) is 10.1. The van der Waals surface area contributed by atoms with Crippen molar-refractivity contribution in [3.8, 4) is 0 Å². The van der Waals surface area contributed by atoms with Gasteiger partial charge in [0.1, 0.15) is 10.7 Å². The lowest BCUT2D eigenvalue weighted by atomic mass is 10.1. The van der Waals surface area contributed by atoms with Crippen LogP contribution in [0.5, 0.6) is 0 Å². The van der Waals surface area contributed by atoms with E-state index in [4.69, 9.17) is 0 Å². The van der Waals surface area contributed by atoms with Crippen LogP contribution < -0.4 is 14.8 Å². The number of sulfonamides is 2. The molecule has 0 amide bonds. The maximum atomic E-state index is 12.3. The summed E-state index contributed by atoms with van der Waals surface area (Å²) >= 11 is 0. The standard InChI is InChI=1S/C19H28N4O4S2/c1-4-5-15(2)23-29(26,27)18-10-11-19(22-13-18)21-12-16-6-8-17(9-7-16)14-28(24,25)20-3/h6-11,13,15,20,23H,4-5,12,14H2,1-3H3,(H,21,22). The molecule has 0 aliphatic carbocycles. The normalized spacial score (nSPS) is 13.2. The highest BCUT2D eigenvalue weighted by Gasteiger charge is 2.17. The molecule has 2 aromatic rings. The summed E-state index contributed by atoms with van der Waals surface area (Å²) in [5.41, 5.74) is 1.64. The van der Waals surface area contributed by atoms with Crippen LogP contribution >= 0.6 is 0 Å². The Bertz CT molecular complexity index is 990. The third-order valence-corrected chi connectivity index (χ3v) is 7.20. The van der Waals surface area contributed by atoms with E-state index in [0.29, 0.717) is 17.9 Å². The molecule has 2 rings (SSSR count). The first-order chi connectivity index (χ1) is 13.6. The fourth-order valence-electron chi connectivity index (χ4n) is 2.71. The first-order valence-electron chi connectivity index (χ1n) is 9.36. The second-order valence-corrected chi connectivity index (χ2v) is 10.5. The molecule has 0 spiro atoms. The highest BCUT2D eigenvalue weighted by atomic mass is 32.2. The highest BCUT2D eigenvalue weighted by Crippen LogP contribution is 2.14. The molecule has 0 saturated heterocycles. The summed E-state index contributed by atoms with van der Waals surface area (Å²) in [6, 6.07) is 10.2. The predicted octanol–water partition coefficient (Wildman–Crippen LogP) is 2.21. The lowest BCUT2D eigenvalue weighted by Crippen LogP contribution is -2.32. The SMILES string of the molecule is CCCC(C)NS(=O)(=O)c1ccc(NCc2ccc(CS(=O)(=O)NC)cc2)nc1. The molecule has 0 aliphatic heterocycles. The minimum atomic E-state index is -3.58. The lowest BCUT2D eigenvalue weighted by molar-refractivity contribution is 0.543. The molecule has 160 valence electrons. The Morgan fingerprint density at radius 2 is 1.66 bits per heavy atom. The Morgan fingerprint density at radius 1 is 1.00 bits per heavy atom. The van der Waals surface area contributed by atoms with Crippen LogP contribution in [0.2, 0.25) is 0 Å². The summed E-state index contributed by atoms with van der Waals surface area (Å²) in [5, 5.41) is 3.12. The smallest absolute Gasteiger partial charge is 0.242 e. The first-order valence-corrected chi connectivity index (χ1v) is 12.5. The van der Waals surface area contributed by atoms with Gasteiger partial charge in [0.2, 0.25) is 20.0 Å². The van der Waals surface area contributed by atoms with E-state index >= 15 is 0 Å². The Balaban J connectivity index is 1.95. The van der Waals surface area contributed by atoms with Gasteiger partial charge in [0.15, 0.2) is 0 Å². The molecule has 29 heavy (non-hydrogen) atoms. The van der Waals surface area contributed by atoms with Crippen LogP contribution in [-0.4, -0.2) is 34.9 Å². The van der Waals surface area contributed by atoms with Crippen molar-refractivity contribution in [2.75, 3.05) is 12.4 Å². The van der Waals surface area contributed by atoms with Crippen molar-refractivity contribution in [3.63, 3.8) is 0 Å². The summed E-state index contributed by atoms with van der Waals surface area (Å²) in [7, 11) is -5.49. The van der Waals surface area contributed by atoms with Crippen LogP contribution in [0.3, 0.4) is 0 Å². The number of pyridine rings is 1. The van der Waals surface area contributed by atoms with Crippen molar-refractivity contribution >= 4 is 25.9 Å². The molecular formula is C19H28N4O4S2. The number of nitrogens with one attached hydrogen (secondary N) is 3. The number of hydrogen-bond donors (Lipinski definition) is 3. The van der Waals surface area contributed by atoms with E-state index in [-0.39, 0.29) is 16.7 Å². The van der Waals surface area contributed by atoms with Gasteiger partial charge in [-0.3, -0.25) is 0 Å². The fourth-order valence-corrected chi connectivity index (χ4v) is 4.70. The van der Waals surface area contributed by atoms with Crippen LogP contribution in [0, 0.1) is 0 Å². The minimum Gasteiger partial charge on any atom is -0.366 e. The molecular weight excluding hydrogens is 412 g/mol. The zero-order valence-electron chi connectivity index (χ0n) is 16.8. The molecule has 0 fully saturated rings. The van der Waals surface area contributed by atoms with Crippen molar-refractivity contribution in [3.05, 3.63) is 53.7 Å². The topological polar surface area (TPSA) is 117 Å². The van der Waals surface area contributed by atoms with E-state index in [2.05, 4.69) is 19.7 Å². The van der Waals surface area contributed by atoms with E-state index in [0.717, 1.165) is 18.4 Å². The van der Waals surface area contributed by atoms with Crippen molar-refractivity contribution in [1.29, 1.82) is 0 Å². The maximum Gasteiger partial charge on any atom is 0.242 e. The Labute approximate surface area is 173 Å². The summed E-state index contributed by atoms with van der Waals surface area (Å²) in [6.07, 6.45) is 3.00. The monoisotopic (exact) mass is 440 g/mol. The van der Waals surface area contributed by atoms with Crippen molar-refractivity contribution in [2.45, 2.75) is 49.9 Å². The third-order valence-electron chi connectivity index (χ3n) is 4.29. The average Bonchev–Trinajstić information content (AvgIpc) is 2.67. The quantitative estimate of drug-likeness (QED) is 0.493. The zero-order valence-corrected chi connectivity index (χ0v) is 18.5. The van der Waals surface area contributed by atoms with Gasteiger partial charge in [-0.2, -0.15) is 0 Å². The predicted molar refractivity (Wildman–Crippen MR) is 114 cm³/mol. The number of benzene rings is 1. The summed E-state index contributed by atoms with van der Waals surface area (Å²) < 4.78 is 52.8. The van der Waals surface area contributed by atoms with Crippen LogP contribution in [0.1, 0.15) is 37.8 Å². The largest absolute Gasteiger partial charge is 0.366 e. The number of nitrogens with zero attached hydrogens (tertiary/aromatic N) is 1. The Hall–Kier alpha value is -2.01. The molecule has 0 aliphatic rings. The summed E-state index contributed by atoms with van der Waals surface area (Å²) in [4.78, 5) is 4.30. The maximum absolute atomic E-state index is 12.3. The fraction of sp³-hybridized carbons (Fsp3) is 0.421. The highest BCUT2D eigenvalue weighted by molar-refractivity contribution is 7.89. The lowest BCUT2D eigenvalue weighted by Gasteiger charge is -2.13. The van der Waals surface area contributed by atoms with Crippen molar-refractivity contribution in [2.24, 2.45) is 0 Å². The van der Waals surface area contributed by atoms with Crippen LogP contribution in [-0.2, 0) is 32.3 Å². The summed E-state index contributed by atoms with van der Waals surface area (Å²) in [5.74, 6) is 0.479. The first kappa shape index (κ1) is 23.3. The molecule has 0 radical (unpaired) electrons. The molecule has 8 nitrogen and oxygen atoms in total. The van der Waals surface area contributed by atoms with Crippen LogP contribution in [0.4, 0.5) is 5.82 Å². The molecule has 0 bridgehead atoms. The van der Waals surface area contributed by atoms with Gasteiger partial charge in [-0.25, -0.2) is 31.3 Å². The van der Waals surface area contributed by atoms with Gasteiger partial charge in [-0.15, -0.1) is 0 Å². The summed E-state index contributed by atoms with van der Waals surface area (Å²) in [6.45, 7) is 4.32. The zero-order chi connectivity index (χ0) is 21.5. The van der Waals surface area contributed by atoms with E-state index in [1.807, 2.05) is 26.0 Å². The van der Waals surface area contributed by atoms with Gasteiger partial charge in [-0.05, 0) is 43.7 Å². The third kappa shape index (κ3) is 7.39. The van der Waals surface area contributed by atoms with Gasteiger partial charge >= 0.3 is 0 Å². The van der Waals surface area contributed by atoms with E-state index < -0.39 is 20.0 Å². The molecule has 10 heteroatoms. The van der Waals surface area contributed by atoms with Crippen molar-refractivity contribution in [1.82, 2.24) is 14.4 Å². The van der Waals surface area contributed by atoms with Crippen molar-refractivity contribution < 1.29 is 16.8 Å². The van der Waals surface area contributed by atoms with E-state index in [1.54, 1.807) is 18.2 Å². The minimum absolute atomic E-state index is 0.0698. The number of hydrogen-bond acceptors (Lipinski definition) is 6. The number of aromatic nitrogens is 1. The molecule has 1 atom stereocenters. The van der Waals surface area contributed by atoms with Crippen LogP contribution in [0.15, 0.2) is 47.5 Å². The molecule has 1 aromatic heterocycles. The van der Waals surface area contributed by atoms with E-state index in [9.17, 15) is 16.8 Å². The van der Waals surface area contributed by atoms with Gasteiger partial charge in [0, 0.05) is 18.8 Å². The van der Waals surface area contributed by atoms with Gasteiger partial charge in [0.25, 0.3) is 0 Å². The molecule has 1 unspecified atom stereocenters. The average molecular weight is 441 g/mol. The number of anilines is 1. The van der Waals surface area contributed by atoms with Crippen LogP contribution in [0.25, 0.3) is 0 Å². The van der Waals surface area contributed by atoms with Gasteiger partial charge < -0.3 is 5.32 Å². The van der Waals surface area contributed by atoms with Gasteiger partial charge in [0.05, 0.1) is 5.75 Å². The molecule has 1 aromatic carbocycles. The number of rotatable bonds is 11. The second-order valence-electron chi connectivity index (χ2n) is 6.82. The van der Waals surface area contributed by atoms with E-state index in [1.165, 1.54) is 19.3 Å². The Morgan fingerprint density at radius 3 is 2.21 bits per heavy atom. The molecule has 0 saturated carbocycles. The van der Waals surface area contributed by atoms with Gasteiger partial charge in [-0.1, -0.05) is 37.6 Å². The Kier molecular flexibility index (Phi) is 8.14. The molecule has 3 N–H and O–H groups in total. The molecule has 1 heterocycles.